The van der Waals surface area contributed by atoms with Crippen molar-refractivity contribution in [3.05, 3.63) is 34.1 Å². The van der Waals surface area contributed by atoms with E-state index in [4.69, 9.17) is 0 Å². The molecule has 0 saturated carbocycles. The highest BCUT2D eigenvalue weighted by Crippen LogP contribution is 2.25. The van der Waals surface area contributed by atoms with Gasteiger partial charge in [0.15, 0.2) is 5.82 Å². The predicted molar refractivity (Wildman–Crippen MR) is 67.3 cm³/mol. The third-order valence-electron chi connectivity index (χ3n) is 3.23. The minimum Gasteiger partial charge on any atom is -0.366 e. The highest BCUT2D eigenvalue weighted by atomic mass is 19.1. The van der Waals surface area contributed by atoms with E-state index < -0.39 is 10.7 Å². The number of nitrogens with zero attached hydrogens (tertiary/aromatic N) is 2. The summed E-state index contributed by atoms with van der Waals surface area (Å²) < 4.78 is 13.9. The molecule has 1 heterocycles. The number of rotatable bonds is 3. The van der Waals surface area contributed by atoms with Crippen LogP contribution in [0.25, 0.3) is 0 Å². The molecule has 1 aromatic rings. The minimum absolute atomic E-state index is 0.210. The van der Waals surface area contributed by atoms with Crippen LogP contribution in [0.5, 0.6) is 0 Å². The van der Waals surface area contributed by atoms with Crippen LogP contribution in [0.3, 0.4) is 0 Å². The van der Waals surface area contributed by atoms with Crippen LogP contribution < -0.4 is 10.2 Å². The van der Waals surface area contributed by atoms with Gasteiger partial charge in [0, 0.05) is 31.7 Å². The van der Waals surface area contributed by atoms with Crippen molar-refractivity contribution in [2.45, 2.75) is 19.4 Å². The second-order valence-corrected chi connectivity index (χ2v) is 4.40. The zero-order valence-corrected chi connectivity index (χ0v) is 10.2. The molecule has 1 fully saturated rings. The van der Waals surface area contributed by atoms with Crippen molar-refractivity contribution in [2.75, 3.05) is 24.5 Å². The van der Waals surface area contributed by atoms with Crippen LogP contribution in [-0.4, -0.2) is 30.6 Å². The first kappa shape index (κ1) is 12.8. The number of anilines is 1. The van der Waals surface area contributed by atoms with Gasteiger partial charge in [-0.15, -0.1) is 0 Å². The maximum atomic E-state index is 13.9. The van der Waals surface area contributed by atoms with Gasteiger partial charge in [-0.2, -0.15) is 0 Å². The van der Waals surface area contributed by atoms with Crippen molar-refractivity contribution in [1.29, 1.82) is 0 Å². The number of nitro groups is 1. The van der Waals surface area contributed by atoms with Gasteiger partial charge in [-0.25, -0.2) is 4.39 Å². The van der Waals surface area contributed by atoms with Crippen LogP contribution in [0.2, 0.25) is 0 Å². The molecule has 1 aliphatic heterocycles. The van der Waals surface area contributed by atoms with E-state index in [-0.39, 0.29) is 5.69 Å². The number of hydrogen-bond donors (Lipinski definition) is 1. The van der Waals surface area contributed by atoms with Crippen molar-refractivity contribution in [3.63, 3.8) is 0 Å². The Labute approximate surface area is 105 Å². The lowest BCUT2D eigenvalue weighted by Gasteiger charge is -2.35. The lowest BCUT2D eigenvalue weighted by Crippen LogP contribution is -2.50. The molecule has 98 valence electrons. The smallest absolute Gasteiger partial charge is 0.272 e. The van der Waals surface area contributed by atoms with Crippen molar-refractivity contribution in [3.8, 4) is 0 Å². The molecule has 1 N–H and O–H groups in total. The molecular formula is C12H16FN3O2. The molecule has 1 unspecified atom stereocenters. The van der Waals surface area contributed by atoms with Crippen molar-refractivity contribution >= 4 is 11.4 Å². The first-order valence-corrected chi connectivity index (χ1v) is 6.04. The molecule has 0 radical (unpaired) electrons. The summed E-state index contributed by atoms with van der Waals surface area (Å²) in [6, 6.07) is 4.17. The Morgan fingerprint density at radius 1 is 1.61 bits per heavy atom. The third-order valence-corrected chi connectivity index (χ3v) is 3.23. The number of halogens is 1. The maximum absolute atomic E-state index is 13.9. The van der Waals surface area contributed by atoms with Crippen LogP contribution in [0.1, 0.15) is 13.3 Å². The number of nitrogens with one attached hydrogen (secondary N) is 1. The SMILES string of the molecule is CCC1CN(c2ccc([N+](=O)[O-])cc2F)CCN1. The fourth-order valence-electron chi connectivity index (χ4n) is 2.18. The predicted octanol–water partition coefficient (Wildman–Crippen LogP) is 1.92. The molecule has 0 aliphatic carbocycles. The van der Waals surface area contributed by atoms with E-state index in [1.165, 1.54) is 12.1 Å². The van der Waals surface area contributed by atoms with Gasteiger partial charge in [-0.3, -0.25) is 10.1 Å². The average Bonchev–Trinajstić information content (AvgIpc) is 2.38. The average molecular weight is 253 g/mol. The topological polar surface area (TPSA) is 58.4 Å². The second kappa shape index (κ2) is 5.30. The van der Waals surface area contributed by atoms with Gasteiger partial charge in [0.05, 0.1) is 16.7 Å². The fraction of sp³-hybridized carbons (Fsp3) is 0.500. The molecule has 5 nitrogen and oxygen atoms in total. The summed E-state index contributed by atoms with van der Waals surface area (Å²) in [4.78, 5) is 11.9. The highest BCUT2D eigenvalue weighted by Gasteiger charge is 2.21. The van der Waals surface area contributed by atoms with Gasteiger partial charge in [0.25, 0.3) is 5.69 Å². The minimum atomic E-state index is -0.584. The Hall–Kier alpha value is -1.69. The zero-order valence-electron chi connectivity index (χ0n) is 10.2. The normalized spacial score (nSPS) is 19.9. The molecule has 18 heavy (non-hydrogen) atoms. The zero-order chi connectivity index (χ0) is 13.1. The third kappa shape index (κ3) is 2.59. The van der Waals surface area contributed by atoms with Crippen molar-refractivity contribution in [2.24, 2.45) is 0 Å². The Morgan fingerprint density at radius 2 is 2.39 bits per heavy atom. The molecule has 6 heteroatoms. The van der Waals surface area contributed by atoms with Crippen LogP contribution >= 0.6 is 0 Å². The van der Waals surface area contributed by atoms with E-state index in [1.54, 1.807) is 0 Å². The Morgan fingerprint density at radius 3 is 3.00 bits per heavy atom. The molecule has 2 rings (SSSR count). The number of hydrogen-bond acceptors (Lipinski definition) is 4. The van der Waals surface area contributed by atoms with Crippen LogP contribution in [0, 0.1) is 15.9 Å². The second-order valence-electron chi connectivity index (χ2n) is 4.40. The molecule has 1 aliphatic rings. The summed E-state index contributed by atoms with van der Waals surface area (Å²) in [6.45, 7) is 4.32. The molecule has 0 amide bonds. The first-order chi connectivity index (χ1) is 8.61. The maximum Gasteiger partial charge on any atom is 0.272 e. The Kier molecular flexibility index (Phi) is 3.76. The van der Waals surface area contributed by atoms with Crippen LogP contribution in [0.4, 0.5) is 15.8 Å². The summed E-state index contributed by atoms with van der Waals surface area (Å²) in [5.41, 5.74) is 0.235. The summed E-state index contributed by atoms with van der Waals surface area (Å²) in [7, 11) is 0. The van der Waals surface area contributed by atoms with Gasteiger partial charge >= 0.3 is 0 Å². The van der Waals surface area contributed by atoms with E-state index in [2.05, 4.69) is 12.2 Å². The fourth-order valence-corrected chi connectivity index (χ4v) is 2.18. The lowest BCUT2D eigenvalue weighted by atomic mass is 10.1. The van der Waals surface area contributed by atoms with E-state index in [9.17, 15) is 14.5 Å². The summed E-state index contributed by atoms with van der Waals surface area (Å²) in [5, 5.41) is 13.9. The molecule has 1 atom stereocenters. The summed E-state index contributed by atoms with van der Waals surface area (Å²) in [5.74, 6) is -0.527. The van der Waals surface area contributed by atoms with Gasteiger partial charge in [0.2, 0.25) is 0 Å². The molecule has 1 aromatic carbocycles. The highest BCUT2D eigenvalue weighted by molar-refractivity contribution is 5.52. The quantitative estimate of drug-likeness (QED) is 0.660. The summed E-state index contributed by atoms with van der Waals surface area (Å²) >= 11 is 0. The monoisotopic (exact) mass is 253 g/mol. The molecule has 0 spiro atoms. The number of benzene rings is 1. The molecule has 0 aromatic heterocycles. The van der Waals surface area contributed by atoms with Gasteiger partial charge < -0.3 is 10.2 Å². The van der Waals surface area contributed by atoms with E-state index >= 15 is 0 Å². The van der Waals surface area contributed by atoms with Crippen LogP contribution in [0.15, 0.2) is 18.2 Å². The standard InChI is InChI=1S/C12H16FN3O2/c1-2-9-8-15(6-5-14-9)12-4-3-10(16(17)18)7-11(12)13/h3-4,7,9,14H,2,5-6,8H2,1H3. The largest absolute Gasteiger partial charge is 0.366 e. The molecule has 0 bridgehead atoms. The van der Waals surface area contributed by atoms with Crippen molar-refractivity contribution in [1.82, 2.24) is 5.32 Å². The van der Waals surface area contributed by atoms with E-state index in [0.717, 1.165) is 25.6 Å². The first-order valence-electron chi connectivity index (χ1n) is 6.04. The molecular weight excluding hydrogens is 237 g/mol. The Balaban J connectivity index is 2.20. The Bertz CT molecular complexity index is 453. The summed E-state index contributed by atoms with van der Waals surface area (Å²) in [6.07, 6.45) is 0.977. The number of non-ortho nitro benzene ring substituents is 1. The number of piperazine rings is 1. The van der Waals surface area contributed by atoms with Crippen LogP contribution in [-0.2, 0) is 0 Å². The van der Waals surface area contributed by atoms with E-state index in [1.807, 2.05) is 4.90 Å². The van der Waals surface area contributed by atoms with Crippen molar-refractivity contribution < 1.29 is 9.31 Å². The van der Waals surface area contributed by atoms with Gasteiger partial charge in [-0.05, 0) is 12.5 Å². The molecule has 1 saturated heterocycles. The van der Waals surface area contributed by atoms with Gasteiger partial charge in [0.1, 0.15) is 0 Å². The number of nitro benzene ring substituents is 1. The van der Waals surface area contributed by atoms with E-state index in [0.29, 0.717) is 18.3 Å². The van der Waals surface area contributed by atoms with Gasteiger partial charge in [-0.1, -0.05) is 6.92 Å². The lowest BCUT2D eigenvalue weighted by molar-refractivity contribution is -0.385.